The molecule has 0 radical (unpaired) electrons. The lowest BCUT2D eigenvalue weighted by Gasteiger charge is -2.04. The normalized spacial score (nSPS) is 9.62. The molecule has 5 nitrogen and oxygen atoms in total. The van der Waals surface area contributed by atoms with E-state index in [2.05, 4.69) is 5.32 Å². The molecule has 0 fully saturated rings. The molecule has 0 aromatic heterocycles. The number of carbonyl (C=O) groups excluding carboxylic acids is 2. The molecule has 0 heterocycles. The molecule has 4 N–H and O–H groups in total. The smallest absolute Gasteiger partial charge is 0.323 e. The van der Waals surface area contributed by atoms with E-state index in [1.54, 1.807) is 5.43 Å². The molecule has 1 aromatic rings. The molecule has 0 spiro atoms. The molecular formula is C11H15N3O2. The van der Waals surface area contributed by atoms with Crippen LogP contribution in [0.3, 0.4) is 0 Å². The Morgan fingerprint density at radius 2 is 2.06 bits per heavy atom. The zero-order valence-corrected chi connectivity index (χ0v) is 9.12. The molecule has 0 bridgehead atoms. The van der Waals surface area contributed by atoms with Gasteiger partial charge in [-0.25, -0.2) is 5.84 Å². The van der Waals surface area contributed by atoms with E-state index in [0.29, 0.717) is 13.0 Å². The number of nitrogens with two attached hydrogens (primary N) is 1. The van der Waals surface area contributed by atoms with Gasteiger partial charge in [0.2, 0.25) is 0 Å². The highest BCUT2D eigenvalue weighted by Crippen LogP contribution is 2.03. The zero-order chi connectivity index (χ0) is 12.0. The van der Waals surface area contributed by atoms with Crippen molar-refractivity contribution in [2.24, 2.45) is 5.84 Å². The Balaban J connectivity index is 2.36. The Morgan fingerprint density at radius 3 is 2.69 bits per heavy atom. The number of hydrogen-bond donors (Lipinski definition) is 3. The Hall–Kier alpha value is -1.88. The van der Waals surface area contributed by atoms with Gasteiger partial charge in [0.15, 0.2) is 0 Å². The number of carbonyl (C=O) groups is 2. The lowest BCUT2D eigenvalue weighted by molar-refractivity contribution is -0.139. The van der Waals surface area contributed by atoms with E-state index >= 15 is 0 Å². The van der Waals surface area contributed by atoms with Crippen LogP contribution in [0, 0.1) is 6.92 Å². The van der Waals surface area contributed by atoms with Gasteiger partial charge in [-0.05, 0) is 18.9 Å². The van der Waals surface area contributed by atoms with Crippen LogP contribution in [0.25, 0.3) is 0 Å². The summed E-state index contributed by atoms with van der Waals surface area (Å²) >= 11 is 0. The summed E-state index contributed by atoms with van der Waals surface area (Å²) in [6, 6.07) is 7.97. The highest BCUT2D eigenvalue weighted by molar-refractivity contribution is 6.34. The van der Waals surface area contributed by atoms with Gasteiger partial charge in [0.1, 0.15) is 0 Å². The fourth-order valence-corrected chi connectivity index (χ4v) is 1.33. The van der Waals surface area contributed by atoms with Gasteiger partial charge in [-0.15, -0.1) is 0 Å². The minimum atomic E-state index is -0.829. The van der Waals surface area contributed by atoms with Crippen molar-refractivity contribution in [3.63, 3.8) is 0 Å². The fourth-order valence-electron chi connectivity index (χ4n) is 1.33. The standard InChI is InChI=1S/C11H15N3O2/c1-8-3-2-4-9(7-8)5-6-13-10(15)11(16)14-12/h2-4,7H,5-6,12H2,1H3,(H,13,15)(H,14,16). The van der Waals surface area contributed by atoms with Crippen molar-refractivity contribution in [1.82, 2.24) is 10.7 Å². The van der Waals surface area contributed by atoms with E-state index in [1.165, 1.54) is 5.56 Å². The molecule has 0 saturated carbocycles. The largest absolute Gasteiger partial charge is 0.347 e. The van der Waals surface area contributed by atoms with Crippen LogP contribution in [-0.2, 0) is 16.0 Å². The highest BCUT2D eigenvalue weighted by Gasteiger charge is 2.09. The predicted molar refractivity (Wildman–Crippen MR) is 60.2 cm³/mol. The first-order chi connectivity index (χ1) is 7.63. The van der Waals surface area contributed by atoms with E-state index in [1.807, 2.05) is 31.2 Å². The molecule has 1 rings (SSSR count). The minimum Gasteiger partial charge on any atom is -0.347 e. The third kappa shape index (κ3) is 3.70. The molecule has 0 aliphatic carbocycles. The molecule has 1 aromatic carbocycles. The second kappa shape index (κ2) is 5.87. The minimum absolute atomic E-state index is 0.412. The van der Waals surface area contributed by atoms with Gasteiger partial charge in [0.25, 0.3) is 0 Å². The number of rotatable bonds is 3. The third-order valence-corrected chi connectivity index (χ3v) is 2.12. The summed E-state index contributed by atoms with van der Waals surface area (Å²) in [4.78, 5) is 21.8. The summed E-state index contributed by atoms with van der Waals surface area (Å²) < 4.78 is 0. The second-order valence-corrected chi connectivity index (χ2v) is 3.47. The van der Waals surface area contributed by atoms with Gasteiger partial charge >= 0.3 is 11.8 Å². The van der Waals surface area contributed by atoms with Crippen LogP contribution in [0.2, 0.25) is 0 Å². The first-order valence-corrected chi connectivity index (χ1v) is 4.98. The second-order valence-electron chi connectivity index (χ2n) is 3.47. The van der Waals surface area contributed by atoms with Crippen LogP contribution >= 0.6 is 0 Å². The van der Waals surface area contributed by atoms with Gasteiger partial charge < -0.3 is 5.32 Å². The Morgan fingerprint density at radius 1 is 1.31 bits per heavy atom. The van der Waals surface area contributed by atoms with Gasteiger partial charge in [0, 0.05) is 6.54 Å². The molecule has 86 valence electrons. The van der Waals surface area contributed by atoms with Crippen LogP contribution in [0.5, 0.6) is 0 Å². The monoisotopic (exact) mass is 221 g/mol. The number of aryl methyl sites for hydroxylation is 1. The first-order valence-electron chi connectivity index (χ1n) is 4.98. The first kappa shape index (κ1) is 12.2. The van der Waals surface area contributed by atoms with Crippen molar-refractivity contribution in [3.05, 3.63) is 35.4 Å². The molecule has 2 amide bonds. The van der Waals surface area contributed by atoms with Gasteiger partial charge in [-0.3, -0.25) is 15.0 Å². The van der Waals surface area contributed by atoms with Crippen LogP contribution in [0.1, 0.15) is 11.1 Å². The van der Waals surface area contributed by atoms with Crippen molar-refractivity contribution >= 4 is 11.8 Å². The highest BCUT2D eigenvalue weighted by atomic mass is 16.2. The summed E-state index contributed by atoms with van der Waals surface area (Å²) in [7, 11) is 0. The van der Waals surface area contributed by atoms with Crippen molar-refractivity contribution < 1.29 is 9.59 Å². The van der Waals surface area contributed by atoms with E-state index in [-0.39, 0.29) is 0 Å². The lowest BCUT2D eigenvalue weighted by Crippen LogP contribution is -2.43. The van der Waals surface area contributed by atoms with E-state index in [4.69, 9.17) is 5.84 Å². The molecule has 5 heteroatoms. The lowest BCUT2D eigenvalue weighted by atomic mass is 10.1. The SMILES string of the molecule is Cc1cccc(CCNC(=O)C(=O)NN)c1. The van der Waals surface area contributed by atoms with Crippen LogP contribution in [-0.4, -0.2) is 18.4 Å². The number of hydrogen-bond acceptors (Lipinski definition) is 3. The maximum Gasteiger partial charge on any atom is 0.323 e. The summed E-state index contributed by atoms with van der Waals surface area (Å²) in [5.41, 5.74) is 4.06. The quantitative estimate of drug-likeness (QED) is 0.282. The van der Waals surface area contributed by atoms with E-state index < -0.39 is 11.8 Å². The average Bonchev–Trinajstić information content (AvgIpc) is 2.28. The van der Waals surface area contributed by atoms with Gasteiger partial charge in [-0.1, -0.05) is 29.8 Å². The molecule has 0 aliphatic rings. The summed E-state index contributed by atoms with van der Waals surface area (Å²) in [5, 5.41) is 2.47. The zero-order valence-electron chi connectivity index (χ0n) is 9.12. The van der Waals surface area contributed by atoms with Crippen molar-refractivity contribution in [2.45, 2.75) is 13.3 Å². The van der Waals surface area contributed by atoms with Crippen LogP contribution < -0.4 is 16.6 Å². The molecule has 0 unspecified atom stereocenters. The number of hydrazine groups is 1. The van der Waals surface area contributed by atoms with Crippen molar-refractivity contribution in [2.75, 3.05) is 6.54 Å². The number of amides is 2. The summed E-state index contributed by atoms with van der Waals surface area (Å²) in [5.74, 6) is 3.27. The Labute approximate surface area is 94.0 Å². The summed E-state index contributed by atoms with van der Waals surface area (Å²) in [6.07, 6.45) is 0.686. The fraction of sp³-hybridized carbons (Fsp3) is 0.273. The van der Waals surface area contributed by atoms with Gasteiger partial charge in [-0.2, -0.15) is 0 Å². The molecular weight excluding hydrogens is 206 g/mol. The van der Waals surface area contributed by atoms with Crippen LogP contribution in [0.4, 0.5) is 0 Å². The molecule has 0 aliphatic heterocycles. The van der Waals surface area contributed by atoms with Crippen molar-refractivity contribution in [3.8, 4) is 0 Å². The van der Waals surface area contributed by atoms with E-state index in [9.17, 15) is 9.59 Å². The molecule has 0 atom stereocenters. The molecule has 0 saturated heterocycles. The Kier molecular flexibility index (Phi) is 4.47. The van der Waals surface area contributed by atoms with Crippen molar-refractivity contribution in [1.29, 1.82) is 0 Å². The predicted octanol–water partition coefficient (Wildman–Crippen LogP) is -0.356. The average molecular weight is 221 g/mol. The maximum atomic E-state index is 11.0. The maximum absolute atomic E-state index is 11.0. The summed E-state index contributed by atoms with van der Waals surface area (Å²) in [6.45, 7) is 2.42. The number of nitrogens with one attached hydrogen (secondary N) is 2. The molecule has 16 heavy (non-hydrogen) atoms. The third-order valence-electron chi connectivity index (χ3n) is 2.12. The number of benzene rings is 1. The topological polar surface area (TPSA) is 84.2 Å². The Bertz CT molecular complexity index is 391. The van der Waals surface area contributed by atoms with E-state index in [0.717, 1.165) is 5.56 Å². The van der Waals surface area contributed by atoms with Crippen LogP contribution in [0.15, 0.2) is 24.3 Å². The van der Waals surface area contributed by atoms with Gasteiger partial charge in [0.05, 0.1) is 0 Å².